The number of hydrogen-bond donors (Lipinski definition) is 2. The largest absolute Gasteiger partial charge is 0.382 e. The maximum absolute atomic E-state index is 5.84. The standard InChI is InChI=1S/C14H16N8/c15-12-11-13(18-9-17-12)20-14(19-11)22-7-5-21(6-8-22)10-3-1-2-4-16-10/h1-4,9H,5-8H2,(H3,15,17,18,19,20). The maximum atomic E-state index is 5.84. The fourth-order valence-electron chi connectivity index (χ4n) is 2.67. The molecule has 0 spiro atoms. The number of rotatable bonds is 2. The Morgan fingerprint density at radius 3 is 2.55 bits per heavy atom. The summed E-state index contributed by atoms with van der Waals surface area (Å²) in [6.45, 7) is 3.53. The van der Waals surface area contributed by atoms with Gasteiger partial charge in [0.15, 0.2) is 11.5 Å². The zero-order chi connectivity index (χ0) is 14.9. The van der Waals surface area contributed by atoms with Gasteiger partial charge in [-0.2, -0.15) is 4.98 Å². The summed E-state index contributed by atoms with van der Waals surface area (Å²) in [5, 5.41) is 0. The highest BCUT2D eigenvalue weighted by Gasteiger charge is 2.21. The summed E-state index contributed by atoms with van der Waals surface area (Å²) < 4.78 is 0. The Morgan fingerprint density at radius 2 is 1.82 bits per heavy atom. The van der Waals surface area contributed by atoms with Gasteiger partial charge >= 0.3 is 0 Å². The monoisotopic (exact) mass is 296 g/mol. The predicted octanol–water partition coefficient (Wildman–Crippen LogP) is 0.657. The first-order valence-electron chi connectivity index (χ1n) is 7.18. The summed E-state index contributed by atoms with van der Waals surface area (Å²) in [4.78, 5) is 24.7. The van der Waals surface area contributed by atoms with Crippen LogP contribution in [0, 0.1) is 0 Å². The fraction of sp³-hybridized carbons (Fsp3) is 0.286. The lowest BCUT2D eigenvalue weighted by Crippen LogP contribution is -2.47. The van der Waals surface area contributed by atoms with E-state index in [1.807, 2.05) is 24.4 Å². The Balaban J connectivity index is 1.52. The number of fused-ring (bicyclic) bond motifs is 1. The molecule has 4 rings (SSSR count). The van der Waals surface area contributed by atoms with E-state index in [1.165, 1.54) is 6.33 Å². The van der Waals surface area contributed by atoms with Gasteiger partial charge in [0.25, 0.3) is 0 Å². The third kappa shape index (κ3) is 2.18. The Hall–Kier alpha value is -2.90. The van der Waals surface area contributed by atoms with E-state index >= 15 is 0 Å². The van der Waals surface area contributed by atoms with Gasteiger partial charge in [-0.25, -0.2) is 15.0 Å². The van der Waals surface area contributed by atoms with Crippen LogP contribution in [0.4, 0.5) is 17.6 Å². The molecule has 22 heavy (non-hydrogen) atoms. The van der Waals surface area contributed by atoms with Crippen molar-refractivity contribution in [3.8, 4) is 0 Å². The highest BCUT2D eigenvalue weighted by atomic mass is 15.3. The molecule has 0 bridgehead atoms. The van der Waals surface area contributed by atoms with Gasteiger partial charge in [0.1, 0.15) is 17.7 Å². The van der Waals surface area contributed by atoms with E-state index in [0.717, 1.165) is 37.9 Å². The molecule has 8 nitrogen and oxygen atoms in total. The first-order valence-corrected chi connectivity index (χ1v) is 7.18. The number of nitrogens with zero attached hydrogens (tertiary/aromatic N) is 6. The van der Waals surface area contributed by atoms with E-state index in [2.05, 4.69) is 34.7 Å². The van der Waals surface area contributed by atoms with Gasteiger partial charge in [0.2, 0.25) is 5.95 Å². The minimum absolute atomic E-state index is 0.427. The molecule has 1 aliphatic heterocycles. The Bertz CT molecular complexity index is 776. The predicted molar refractivity (Wildman–Crippen MR) is 84.8 cm³/mol. The molecule has 8 heteroatoms. The number of H-pyrrole nitrogens is 1. The van der Waals surface area contributed by atoms with Gasteiger partial charge in [-0.05, 0) is 12.1 Å². The number of nitrogens with one attached hydrogen (secondary N) is 1. The molecule has 4 heterocycles. The molecule has 1 aliphatic rings. The number of pyridine rings is 1. The molecule has 0 amide bonds. The van der Waals surface area contributed by atoms with Crippen molar-refractivity contribution in [2.24, 2.45) is 0 Å². The number of anilines is 3. The van der Waals surface area contributed by atoms with Gasteiger partial charge in [0, 0.05) is 32.4 Å². The Kier molecular flexibility index (Phi) is 2.99. The minimum atomic E-state index is 0.427. The van der Waals surface area contributed by atoms with Crippen LogP contribution >= 0.6 is 0 Å². The van der Waals surface area contributed by atoms with Crippen molar-refractivity contribution in [2.45, 2.75) is 0 Å². The van der Waals surface area contributed by atoms with Crippen LogP contribution in [0.5, 0.6) is 0 Å². The second-order valence-corrected chi connectivity index (χ2v) is 5.18. The smallest absolute Gasteiger partial charge is 0.205 e. The topological polar surface area (TPSA) is 99.8 Å². The van der Waals surface area contributed by atoms with Crippen LogP contribution in [0.25, 0.3) is 11.2 Å². The van der Waals surface area contributed by atoms with E-state index in [9.17, 15) is 0 Å². The Labute approximate surface area is 127 Å². The first kappa shape index (κ1) is 12.8. The van der Waals surface area contributed by atoms with Crippen molar-refractivity contribution in [1.82, 2.24) is 24.9 Å². The second kappa shape index (κ2) is 5.14. The minimum Gasteiger partial charge on any atom is -0.382 e. The normalized spacial score (nSPS) is 15.5. The quantitative estimate of drug-likeness (QED) is 0.716. The molecule has 0 saturated carbocycles. The summed E-state index contributed by atoms with van der Waals surface area (Å²) >= 11 is 0. The van der Waals surface area contributed by atoms with Crippen molar-refractivity contribution in [1.29, 1.82) is 0 Å². The van der Waals surface area contributed by atoms with Crippen LogP contribution in [0.1, 0.15) is 0 Å². The molecule has 0 unspecified atom stereocenters. The zero-order valence-electron chi connectivity index (χ0n) is 12.0. The van der Waals surface area contributed by atoms with E-state index in [-0.39, 0.29) is 0 Å². The third-order valence-electron chi connectivity index (χ3n) is 3.86. The van der Waals surface area contributed by atoms with Gasteiger partial charge in [-0.3, -0.25) is 0 Å². The van der Waals surface area contributed by atoms with Crippen molar-refractivity contribution in [3.63, 3.8) is 0 Å². The van der Waals surface area contributed by atoms with E-state index in [0.29, 0.717) is 17.0 Å². The van der Waals surface area contributed by atoms with Crippen LogP contribution in [0.2, 0.25) is 0 Å². The van der Waals surface area contributed by atoms with Gasteiger partial charge in [-0.15, -0.1) is 0 Å². The number of imidazole rings is 1. The number of hydrogen-bond acceptors (Lipinski definition) is 7. The second-order valence-electron chi connectivity index (χ2n) is 5.18. The van der Waals surface area contributed by atoms with Crippen LogP contribution in [-0.4, -0.2) is 51.1 Å². The number of nitrogens with two attached hydrogens (primary N) is 1. The van der Waals surface area contributed by atoms with Crippen LogP contribution in [0.15, 0.2) is 30.7 Å². The molecule has 0 atom stereocenters. The van der Waals surface area contributed by atoms with Crippen LogP contribution < -0.4 is 15.5 Å². The molecule has 3 N–H and O–H groups in total. The van der Waals surface area contributed by atoms with E-state index in [1.54, 1.807) is 0 Å². The average molecular weight is 296 g/mol. The fourth-order valence-corrected chi connectivity index (χ4v) is 2.67. The lowest BCUT2D eigenvalue weighted by Gasteiger charge is -2.35. The maximum Gasteiger partial charge on any atom is 0.205 e. The van der Waals surface area contributed by atoms with E-state index < -0.39 is 0 Å². The molecule has 0 aliphatic carbocycles. The van der Waals surface area contributed by atoms with Crippen molar-refractivity contribution in [2.75, 3.05) is 41.7 Å². The third-order valence-corrected chi connectivity index (χ3v) is 3.86. The van der Waals surface area contributed by atoms with Crippen molar-refractivity contribution < 1.29 is 0 Å². The molecular weight excluding hydrogens is 280 g/mol. The number of nitrogen functional groups attached to an aromatic ring is 1. The first-order chi connectivity index (χ1) is 10.8. The number of aromatic nitrogens is 5. The van der Waals surface area contributed by atoms with Crippen LogP contribution in [-0.2, 0) is 0 Å². The van der Waals surface area contributed by atoms with Crippen molar-refractivity contribution >= 4 is 28.7 Å². The molecular formula is C14H16N8. The number of piperazine rings is 1. The zero-order valence-corrected chi connectivity index (χ0v) is 12.0. The summed E-state index contributed by atoms with van der Waals surface area (Å²) in [6, 6.07) is 5.97. The molecule has 0 aromatic carbocycles. The molecule has 0 radical (unpaired) electrons. The summed E-state index contributed by atoms with van der Waals surface area (Å²) in [7, 11) is 0. The highest BCUT2D eigenvalue weighted by molar-refractivity contribution is 5.83. The number of aromatic amines is 1. The summed E-state index contributed by atoms with van der Waals surface area (Å²) in [5.74, 6) is 2.24. The van der Waals surface area contributed by atoms with Gasteiger partial charge < -0.3 is 20.5 Å². The SMILES string of the molecule is Nc1ncnc2nc(N3CCN(c4ccccn4)CC3)[nH]c12. The molecule has 1 saturated heterocycles. The average Bonchev–Trinajstić information content (AvgIpc) is 3.02. The van der Waals surface area contributed by atoms with E-state index in [4.69, 9.17) is 5.73 Å². The molecule has 1 fully saturated rings. The lowest BCUT2D eigenvalue weighted by atomic mass is 10.3. The summed E-state index contributed by atoms with van der Waals surface area (Å²) in [6.07, 6.45) is 3.25. The molecule has 112 valence electrons. The molecule has 3 aromatic heterocycles. The van der Waals surface area contributed by atoms with Crippen molar-refractivity contribution in [3.05, 3.63) is 30.7 Å². The Morgan fingerprint density at radius 1 is 1.00 bits per heavy atom. The lowest BCUT2D eigenvalue weighted by molar-refractivity contribution is 0.638. The van der Waals surface area contributed by atoms with Gasteiger partial charge in [-0.1, -0.05) is 6.07 Å². The highest BCUT2D eigenvalue weighted by Crippen LogP contribution is 2.21. The summed E-state index contributed by atoms with van der Waals surface area (Å²) in [5.41, 5.74) is 7.14. The van der Waals surface area contributed by atoms with Gasteiger partial charge in [0.05, 0.1) is 0 Å². The van der Waals surface area contributed by atoms with Crippen LogP contribution in [0.3, 0.4) is 0 Å². The molecule has 3 aromatic rings.